The SMILES string of the molecule is CCCCCCCCCCCCCCC(=O)O[C@@H]1[C@H](OC)[C@@H]([C@@H](O[C@H]2OC(C(=O)N[C@H]3CCC[C@H](C)NC3=O)=C[C@H](O)[C@@H]2O)C(N)=O)O[C@H]1n1ccc(=O)[nH]c1=O. The zero-order chi connectivity index (χ0) is 41.5. The number of carbonyl (C=O) groups excluding carboxylic acids is 4. The van der Waals surface area contributed by atoms with Gasteiger partial charge in [-0.3, -0.25) is 33.5 Å². The van der Waals surface area contributed by atoms with Crippen molar-refractivity contribution in [2.24, 2.45) is 5.73 Å². The van der Waals surface area contributed by atoms with E-state index in [1.807, 2.05) is 6.92 Å². The maximum atomic E-state index is 13.2. The molecule has 18 nitrogen and oxygen atoms in total. The third-order valence-corrected chi connectivity index (χ3v) is 10.5. The van der Waals surface area contributed by atoms with Crippen LogP contribution in [0, 0.1) is 0 Å². The number of aliphatic hydroxyl groups excluding tert-OH is 2. The molecule has 4 rings (SSSR count). The molecule has 3 aliphatic heterocycles. The van der Waals surface area contributed by atoms with Gasteiger partial charge in [-0.1, -0.05) is 77.6 Å². The van der Waals surface area contributed by atoms with Crippen LogP contribution in [-0.2, 0) is 42.9 Å². The number of methoxy groups -OCH3 is 1. The van der Waals surface area contributed by atoms with Crippen LogP contribution in [0.4, 0.5) is 0 Å². The minimum Gasteiger partial charge on any atom is -0.456 e. The molecule has 18 heteroatoms. The standard InChI is InChI=1S/C39H61N5O13/c1-4-5-6-7-8-9-10-11-12-13-14-15-19-28(47)55-33-30(53-3)31(56-37(33)44-21-20-27(46)43-39(44)52)32(34(40)49)57-38-29(48)25(45)22-26(54-38)36(51)42-24-18-16-17-23(2)41-35(24)50/h20-25,29-33,37-38,45,48H,4-19H2,1-3H3,(H2,40,49)(H,41,50)(H,42,51)(H,43,46,52)/t23-,24-,25-,29-,30+,31-,32+,33+,37+,38+/m0/s1. The molecule has 0 spiro atoms. The predicted octanol–water partition coefficient (Wildman–Crippen LogP) is 1.46. The second kappa shape index (κ2) is 22.7. The number of aromatic amines is 1. The summed E-state index contributed by atoms with van der Waals surface area (Å²) < 4.78 is 30.0. The van der Waals surface area contributed by atoms with Gasteiger partial charge in [-0.25, -0.2) is 4.79 Å². The third-order valence-electron chi connectivity index (χ3n) is 10.5. The Bertz CT molecular complexity index is 1630. The Balaban J connectivity index is 1.42. The number of hydrogen-bond donors (Lipinski definition) is 6. The summed E-state index contributed by atoms with van der Waals surface area (Å²) in [5.74, 6) is -3.55. The second-order valence-electron chi connectivity index (χ2n) is 15.1. The third kappa shape index (κ3) is 13.2. The molecule has 57 heavy (non-hydrogen) atoms. The number of H-pyrrole nitrogens is 1. The number of carbonyl (C=O) groups is 4. The number of nitrogens with one attached hydrogen (secondary N) is 3. The van der Waals surface area contributed by atoms with Gasteiger partial charge < -0.3 is 50.3 Å². The topological polar surface area (TPSA) is 260 Å². The van der Waals surface area contributed by atoms with Crippen LogP contribution in [0.5, 0.6) is 0 Å². The van der Waals surface area contributed by atoms with Crippen molar-refractivity contribution in [3.05, 3.63) is 44.9 Å². The van der Waals surface area contributed by atoms with E-state index in [9.17, 15) is 39.0 Å². The number of rotatable bonds is 22. The van der Waals surface area contributed by atoms with Gasteiger partial charge in [0.1, 0.15) is 30.5 Å². The Hall–Kier alpha value is -4.10. The number of hydrogen-bond acceptors (Lipinski definition) is 13. The van der Waals surface area contributed by atoms with Crippen molar-refractivity contribution in [3.63, 3.8) is 0 Å². The molecular formula is C39H61N5O13. The summed E-state index contributed by atoms with van der Waals surface area (Å²) in [5, 5.41) is 26.8. The van der Waals surface area contributed by atoms with Gasteiger partial charge in [-0.05, 0) is 38.7 Å². The lowest BCUT2D eigenvalue weighted by Crippen LogP contribution is -2.54. The van der Waals surface area contributed by atoms with E-state index < -0.39 is 95.9 Å². The van der Waals surface area contributed by atoms with Crippen molar-refractivity contribution in [3.8, 4) is 0 Å². The van der Waals surface area contributed by atoms with Crippen LogP contribution in [-0.4, -0.2) is 106 Å². The van der Waals surface area contributed by atoms with Crippen LogP contribution in [0.2, 0.25) is 0 Å². The first kappa shape index (κ1) is 45.6. The molecule has 0 unspecified atom stereocenters. The monoisotopic (exact) mass is 807 g/mol. The van der Waals surface area contributed by atoms with Crippen molar-refractivity contribution in [1.82, 2.24) is 20.2 Å². The van der Waals surface area contributed by atoms with E-state index in [2.05, 4.69) is 22.5 Å². The average molecular weight is 808 g/mol. The highest BCUT2D eigenvalue weighted by Gasteiger charge is 2.54. The van der Waals surface area contributed by atoms with Crippen LogP contribution in [0.25, 0.3) is 0 Å². The molecule has 1 aromatic heterocycles. The molecule has 0 bridgehead atoms. The molecule has 2 saturated heterocycles. The Labute approximate surface area is 332 Å². The lowest BCUT2D eigenvalue weighted by atomic mass is 10.0. The smallest absolute Gasteiger partial charge is 0.330 e. The van der Waals surface area contributed by atoms with E-state index in [0.29, 0.717) is 19.3 Å². The molecular weight excluding hydrogens is 746 g/mol. The van der Waals surface area contributed by atoms with Crippen molar-refractivity contribution in [2.75, 3.05) is 7.11 Å². The Morgan fingerprint density at radius 3 is 2.25 bits per heavy atom. The van der Waals surface area contributed by atoms with Crippen molar-refractivity contribution in [2.45, 2.75) is 178 Å². The van der Waals surface area contributed by atoms with Gasteiger partial charge in [-0.2, -0.15) is 0 Å². The number of amides is 3. The molecule has 0 aliphatic carbocycles. The normalized spacial score (nSPS) is 28.1. The Morgan fingerprint density at radius 1 is 0.982 bits per heavy atom. The number of nitrogens with zero attached hydrogens (tertiary/aromatic N) is 1. The number of aliphatic hydroxyl groups is 2. The number of esters is 1. The number of unbranched alkanes of at least 4 members (excludes halogenated alkanes) is 11. The highest BCUT2D eigenvalue weighted by Crippen LogP contribution is 2.36. The summed E-state index contributed by atoms with van der Waals surface area (Å²) in [6, 6.07) is 0.0817. The first-order valence-electron chi connectivity index (χ1n) is 20.3. The van der Waals surface area contributed by atoms with Gasteiger partial charge in [-0.15, -0.1) is 0 Å². The molecule has 0 radical (unpaired) electrons. The van der Waals surface area contributed by atoms with Crippen LogP contribution < -0.4 is 27.6 Å². The summed E-state index contributed by atoms with van der Waals surface area (Å²) in [4.78, 5) is 79.0. The van der Waals surface area contributed by atoms with Gasteiger partial charge in [0, 0.05) is 31.8 Å². The van der Waals surface area contributed by atoms with E-state index in [1.165, 1.54) is 52.1 Å². The fourth-order valence-electron chi connectivity index (χ4n) is 7.35. The van der Waals surface area contributed by atoms with Crippen LogP contribution in [0.3, 0.4) is 0 Å². The molecule has 3 aliphatic rings. The summed E-state index contributed by atoms with van der Waals surface area (Å²) in [7, 11) is 1.24. The number of ether oxygens (including phenoxy) is 5. The van der Waals surface area contributed by atoms with Crippen LogP contribution in [0.1, 0.15) is 123 Å². The summed E-state index contributed by atoms with van der Waals surface area (Å²) in [6.07, 6.45) is 4.22. The van der Waals surface area contributed by atoms with E-state index in [4.69, 9.17) is 29.4 Å². The number of aromatic nitrogens is 2. The minimum atomic E-state index is -1.88. The molecule has 3 amide bonds. The molecule has 7 N–H and O–H groups in total. The van der Waals surface area contributed by atoms with Gasteiger partial charge >= 0.3 is 11.7 Å². The molecule has 320 valence electrons. The van der Waals surface area contributed by atoms with E-state index in [-0.39, 0.29) is 12.5 Å². The molecule has 0 saturated carbocycles. The van der Waals surface area contributed by atoms with E-state index in [1.54, 1.807) is 0 Å². The molecule has 1 aromatic rings. The maximum absolute atomic E-state index is 13.2. The lowest BCUT2D eigenvalue weighted by molar-refractivity contribution is -0.241. The fraction of sp³-hybridized carbons (Fsp3) is 0.744. The van der Waals surface area contributed by atoms with Gasteiger partial charge in [0.2, 0.25) is 18.1 Å². The largest absolute Gasteiger partial charge is 0.456 e. The van der Waals surface area contributed by atoms with Crippen molar-refractivity contribution in [1.29, 1.82) is 0 Å². The highest BCUT2D eigenvalue weighted by molar-refractivity contribution is 5.95. The molecule has 2 fully saturated rings. The van der Waals surface area contributed by atoms with E-state index >= 15 is 0 Å². The maximum Gasteiger partial charge on any atom is 0.330 e. The predicted molar refractivity (Wildman–Crippen MR) is 204 cm³/mol. The quantitative estimate of drug-likeness (QED) is 0.0717. The summed E-state index contributed by atoms with van der Waals surface area (Å²) in [5.41, 5.74) is 4.16. The highest BCUT2D eigenvalue weighted by atomic mass is 16.7. The minimum absolute atomic E-state index is 0.0523. The summed E-state index contributed by atoms with van der Waals surface area (Å²) in [6.45, 7) is 4.05. The lowest BCUT2D eigenvalue weighted by Gasteiger charge is -2.35. The first-order valence-corrected chi connectivity index (χ1v) is 20.3. The van der Waals surface area contributed by atoms with Crippen molar-refractivity contribution < 1.29 is 53.1 Å². The van der Waals surface area contributed by atoms with Crippen LogP contribution in [0.15, 0.2) is 33.7 Å². The van der Waals surface area contributed by atoms with Gasteiger partial charge in [0.05, 0.1) is 0 Å². The first-order chi connectivity index (χ1) is 27.3. The van der Waals surface area contributed by atoms with Gasteiger partial charge in [0.25, 0.3) is 11.5 Å². The average Bonchev–Trinajstić information content (AvgIpc) is 3.42. The zero-order valence-corrected chi connectivity index (χ0v) is 33.2. The molecule has 4 heterocycles. The van der Waals surface area contributed by atoms with E-state index in [0.717, 1.165) is 55.0 Å². The Kier molecular flexibility index (Phi) is 18.2. The van der Waals surface area contributed by atoms with Crippen LogP contribution >= 0.6 is 0 Å². The molecule has 0 aromatic carbocycles. The number of nitrogens with two attached hydrogens (primary N) is 1. The van der Waals surface area contributed by atoms with Crippen molar-refractivity contribution >= 4 is 23.7 Å². The Morgan fingerprint density at radius 2 is 1.63 bits per heavy atom. The summed E-state index contributed by atoms with van der Waals surface area (Å²) >= 11 is 0. The zero-order valence-electron chi connectivity index (χ0n) is 33.2. The second-order valence-corrected chi connectivity index (χ2v) is 15.1. The number of primary amides is 1. The fourth-order valence-corrected chi connectivity index (χ4v) is 7.35. The van der Waals surface area contributed by atoms with Gasteiger partial charge in [0.15, 0.2) is 24.2 Å². The molecule has 10 atom stereocenters.